The monoisotopic (exact) mass is 372 g/mol. The highest BCUT2D eigenvalue weighted by Gasteiger charge is 2.36. The van der Waals surface area contributed by atoms with Gasteiger partial charge in [0, 0.05) is 43.9 Å². The van der Waals surface area contributed by atoms with Crippen molar-refractivity contribution in [2.75, 3.05) is 13.1 Å². The second-order valence-electron chi connectivity index (χ2n) is 6.35. The molecule has 0 bridgehead atoms. The summed E-state index contributed by atoms with van der Waals surface area (Å²) in [5.41, 5.74) is 0.377. The molecule has 2 aliphatic rings. The van der Waals surface area contributed by atoms with Crippen molar-refractivity contribution < 1.29 is 18.3 Å². The molecule has 0 saturated carbocycles. The summed E-state index contributed by atoms with van der Waals surface area (Å²) in [6, 6.07) is 4.03. The zero-order valence-corrected chi connectivity index (χ0v) is 14.3. The summed E-state index contributed by atoms with van der Waals surface area (Å²) in [6.45, 7) is 0.869. The molecule has 2 atom stereocenters. The highest BCUT2D eigenvalue weighted by Crippen LogP contribution is 2.31. The minimum absolute atomic E-state index is 0.200. The Morgan fingerprint density at radius 1 is 1.26 bits per heavy atom. The van der Waals surface area contributed by atoms with Crippen molar-refractivity contribution in [3.8, 4) is 5.88 Å². The Hall–Kier alpha value is -3.10. The number of aromatic nitrogens is 2. The van der Waals surface area contributed by atoms with E-state index in [1.807, 2.05) is 0 Å². The van der Waals surface area contributed by atoms with Gasteiger partial charge < -0.3 is 9.64 Å². The molecule has 2 aromatic rings. The van der Waals surface area contributed by atoms with Crippen LogP contribution in [0.1, 0.15) is 24.4 Å². The molecule has 2 aliphatic heterocycles. The van der Waals surface area contributed by atoms with Crippen molar-refractivity contribution in [2.45, 2.75) is 25.0 Å². The van der Waals surface area contributed by atoms with E-state index >= 15 is 0 Å². The number of likely N-dealkylation sites (tertiary alicyclic amines) is 1. The standard InChI is InChI=1S/C18H16F2N5O2/c19-13-7-12(8-14(20)9-13)16-1-5-23-25(16)18(26)24-6-3-15(10-24)27-17-2-4-21-11-22-17/h2,4-5,7-9,15-16H,1,3,6,10H2/t15-,16+/m1/s1. The lowest BCUT2D eigenvalue weighted by Crippen LogP contribution is -2.40. The average Bonchev–Trinajstić information content (AvgIpc) is 3.31. The number of ether oxygens (including phenoxy) is 1. The van der Waals surface area contributed by atoms with Crippen LogP contribution in [0.25, 0.3) is 0 Å². The fraction of sp³-hybridized carbons (Fsp3) is 0.333. The SMILES string of the molecule is O=C(N1CC[C@@H](Oc2ccn[c]n2)C1)N1N=CC[C@H]1c1cc(F)cc(F)c1. The van der Waals surface area contributed by atoms with E-state index in [-0.39, 0.29) is 12.1 Å². The van der Waals surface area contributed by atoms with Crippen molar-refractivity contribution >= 4 is 12.2 Å². The highest BCUT2D eigenvalue weighted by molar-refractivity contribution is 5.78. The van der Waals surface area contributed by atoms with Crippen LogP contribution in [0.2, 0.25) is 0 Å². The third kappa shape index (κ3) is 3.71. The first kappa shape index (κ1) is 17.3. The van der Waals surface area contributed by atoms with Gasteiger partial charge >= 0.3 is 6.03 Å². The summed E-state index contributed by atoms with van der Waals surface area (Å²) in [5.74, 6) is -0.960. The predicted octanol–water partition coefficient (Wildman–Crippen LogP) is 2.56. The number of urea groups is 1. The Bertz CT molecular complexity index is 844. The third-order valence-corrected chi connectivity index (χ3v) is 4.51. The number of amides is 2. The van der Waals surface area contributed by atoms with Gasteiger partial charge in [0.15, 0.2) is 0 Å². The van der Waals surface area contributed by atoms with Gasteiger partial charge in [-0.25, -0.2) is 23.6 Å². The van der Waals surface area contributed by atoms with Gasteiger partial charge in [0.1, 0.15) is 17.7 Å². The van der Waals surface area contributed by atoms with Gasteiger partial charge in [-0.15, -0.1) is 0 Å². The lowest BCUT2D eigenvalue weighted by molar-refractivity contribution is 0.141. The molecule has 1 saturated heterocycles. The molecule has 2 amide bonds. The lowest BCUT2D eigenvalue weighted by atomic mass is 10.0. The summed E-state index contributed by atoms with van der Waals surface area (Å²) < 4.78 is 32.8. The van der Waals surface area contributed by atoms with E-state index in [2.05, 4.69) is 21.4 Å². The largest absolute Gasteiger partial charge is 0.472 e. The number of hydrogen-bond donors (Lipinski definition) is 0. The van der Waals surface area contributed by atoms with E-state index in [1.165, 1.54) is 23.3 Å². The molecular formula is C18H16F2N5O2. The first-order valence-corrected chi connectivity index (χ1v) is 8.52. The van der Waals surface area contributed by atoms with Crippen LogP contribution in [0.15, 0.2) is 35.6 Å². The normalized spacial score (nSPS) is 21.7. The first-order valence-electron chi connectivity index (χ1n) is 8.52. The van der Waals surface area contributed by atoms with Crippen LogP contribution in [-0.4, -0.2) is 51.3 Å². The van der Waals surface area contributed by atoms with E-state index < -0.39 is 17.7 Å². The molecule has 1 aromatic heterocycles. The maximum atomic E-state index is 13.5. The quantitative estimate of drug-likeness (QED) is 0.830. The molecule has 0 spiro atoms. The number of benzene rings is 1. The number of rotatable bonds is 3. The van der Waals surface area contributed by atoms with Gasteiger partial charge in [0.2, 0.25) is 12.2 Å². The van der Waals surface area contributed by atoms with Crippen molar-refractivity contribution in [1.29, 1.82) is 0 Å². The molecule has 1 aromatic carbocycles. The summed E-state index contributed by atoms with van der Waals surface area (Å²) in [7, 11) is 0. The van der Waals surface area contributed by atoms with Crippen LogP contribution >= 0.6 is 0 Å². The van der Waals surface area contributed by atoms with Gasteiger partial charge in [-0.05, 0) is 17.7 Å². The minimum atomic E-state index is -0.680. The Labute approximate surface area is 154 Å². The van der Waals surface area contributed by atoms with Crippen LogP contribution < -0.4 is 4.74 Å². The Balaban J connectivity index is 1.43. The van der Waals surface area contributed by atoms with Crippen LogP contribution in [0.5, 0.6) is 5.88 Å². The molecule has 27 heavy (non-hydrogen) atoms. The van der Waals surface area contributed by atoms with Crippen molar-refractivity contribution in [1.82, 2.24) is 19.9 Å². The number of halogens is 2. The average molecular weight is 372 g/mol. The molecule has 3 heterocycles. The van der Waals surface area contributed by atoms with Crippen molar-refractivity contribution in [2.24, 2.45) is 5.10 Å². The molecule has 0 N–H and O–H groups in total. The minimum Gasteiger partial charge on any atom is -0.472 e. The number of nitrogens with zero attached hydrogens (tertiary/aromatic N) is 5. The van der Waals surface area contributed by atoms with Crippen LogP contribution in [0.4, 0.5) is 13.6 Å². The van der Waals surface area contributed by atoms with Crippen LogP contribution in [0.3, 0.4) is 0 Å². The number of hydrogen-bond acceptors (Lipinski definition) is 5. The zero-order valence-electron chi connectivity index (χ0n) is 14.3. The number of carbonyl (C=O) groups excluding carboxylic acids is 1. The van der Waals surface area contributed by atoms with E-state index in [0.29, 0.717) is 37.4 Å². The summed E-state index contributed by atoms with van der Waals surface area (Å²) >= 11 is 0. The lowest BCUT2D eigenvalue weighted by Gasteiger charge is -2.27. The fourth-order valence-corrected chi connectivity index (χ4v) is 3.27. The highest BCUT2D eigenvalue weighted by atomic mass is 19.1. The Morgan fingerprint density at radius 2 is 2.07 bits per heavy atom. The molecule has 7 nitrogen and oxygen atoms in total. The summed E-state index contributed by atoms with van der Waals surface area (Å²) in [6.07, 6.45) is 6.40. The molecule has 0 unspecified atom stereocenters. The predicted molar refractivity (Wildman–Crippen MR) is 90.9 cm³/mol. The van der Waals surface area contributed by atoms with Gasteiger partial charge in [0.25, 0.3) is 0 Å². The molecule has 0 aliphatic carbocycles. The number of carbonyl (C=O) groups is 1. The van der Waals surface area contributed by atoms with Crippen LogP contribution in [0, 0.1) is 18.0 Å². The summed E-state index contributed by atoms with van der Waals surface area (Å²) in [5, 5.41) is 5.39. The smallest absolute Gasteiger partial charge is 0.341 e. The Kier molecular flexibility index (Phi) is 4.66. The maximum Gasteiger partial charge on any atom is 0.341 e. The van der Waals surface area contributed by atoms with Gasteiger partial charge in [-0.1, -0.05) is 0 Å². The second-order valence-corrected chi connectivity index (χ2v) is 6.35. The van der Waals surface area contributed by atoms with E-state index in [9.17, 15) is 13.6 Å². The van der Waals surface area contributed by atoms with E-state index in [0.717, 1.165) is 6.07 Å². The van der Waals surface area contributed by atoms with Gasteiger partial charge in [0.05, 0.1) is 12.6 Å². The van der Waals surface area contributed by atoms with E-state index in [1.54, 1.807) is 17.2 Å². The first-order chi connectivity index (χ1) is 13.1. The number of hydrazone groups is 1. The van der Waals surface area contributed by atoms with Gasteiger partial charge in [-0.3, -0.25) is 0 Å². The summed E-state index contributed by atoms with van der Waals surface area (Å²) in [4.78, 5) is 22.1. The van der Waals surface area contributed by atoms with Crippen LogP contribution in [-0.2, 0) is 0 Å². The molecule has 1 radical (unpaired) electrons. The van der Waals surface area contributed by atoms with Crippen molar-refractivity contribution in [3.05, 3.63) is 54.0 Å². The maximum absolute atomic E-state index is 13.5. The molecule has 1 fully saturated rings. The Morgan fingerprint density at radius 3 is 2.81 bits per heavy atom. The van der Waals surface area contributed by atoms with E-state index in [4.69, 9.17) is 4.74 Å². The molecule has 4 rings (SSSR count). The second kappa shape index (κ2) is 7.26. The topological polar surface area (TPSA) is 70.9 Å². The fourth-order valence-electron chi connectivity index (χ4n) is 3.27. The molecule has 9 heteroatoms. The van der Waals surface area contributed by atoms with Gasteiger partial charge in [-0.2, -0.15) is 10.1 Å². The molecular weight excluding hydrogens is 356 g/mol. The third-order valence-electron chi connectivity index (χ3n) is 4.51. The zero-order chi connectivity index (χ0) is 18.8. The van der Waals surface area contributed by atoms with Crippen molar-refractivity contribution in [3.63, 3.8) is 0 Å². The molecule has 139 valence electrons.